The van der Waals surface area contributed by atoms with E-state index in [0.717, 1.165) is 16.5 Å². The molecular weight excluding hydrogens is 434 g/mol. The molecule has 0 unspecified atom stereocenters. The number of hydrogen-bond acceptors (Lipinski definition) is 6. The summed E-state index contributed by atoms with van der Waals surface area (Å²) in [7, 11) is 4.79. The van der Waals surface area contributed by atoms with Crippen molar-refractivity contribution in [3.8, 4) is 28.5 Å². The first-order valence-corrected chi connectivity index (χ1v) is 10.7. The van der Waals surface area contributed by atoms with Crippen molar-refractivity contribution >= 4 is 16.7 Å². The molecule has 0 atom stereocenters. The Hall–Kier alpha value is -4.33. The molecule has 0 aliphatic heterocycles. The fourth-order valence-electron chi connectivity index (χ4n) is 3.64. The van der Waals surface area contributed by atoms with E-state index in [2.05, 4.69) is 10.4 Å². The van der Waals surface area contributed by atoms with E-state index >= 15 is 0 Å². The second kappa shape index (κ2) is 10.1. The first-order chi connectivity index (χ1) is 16.5. The summed E-state index contributed by atoms with van der Waals surface area (Å²) in [6.07, 6.45) is 0. The highest BCUT2D eigenvalue weighted by molar-refractivity contribution is 5.94. The minimum absolute atomic E-state index is 0.124. The summed E-state index contributed by atoms with van der Waals surface area (Å²) in [5, 5.41) is 8.70. The van der Waals surface area contributed by atoms with E-state index in [-0.39, 0.29) is 24.6 Å². The van der Waals surface area contributed by atoms with Gasteiger partial charge in [-0.25, -0.2) is 4.68 Å². The standard InChI is InChI=1S/C26H25N3O5/c1-29-26(31)22-7-5-4-6-21(22)25(28-29)17-8-13-23(33-3)18(14-17)15-27-24(30)16-34-20-11-9-19(32-2)10-12-20/h4-14H,15-16H2,1-3H3,(H,27,30). The number of carbonyl (C=O) groups excluding carboxylic acids is 1. The molecule has 1 amide bonds. The number of ether oxygens (including phenoxy) is 3. The summed E-state index contributed by atoms with van der Waals surface area (Å²) in [4.78, 5) is 24.8. The number of methoxy groups -OCH3 is 2. The van der Waals surface area contributed by atoms with Gasteiger partial charge in [-0.3, -0.25) is 9.59 Å². The molecule has 8 nitrogen and oxygen atoms in total. The lowest BCUT2D eigenvalue weighted by molar-refractivity contribution is -0.123. The molecule has 0 spiro atoms. The van der Waals surface area contributed by atoms with Crippen LogP contribution in [0.25, 0.3) is 22.0 Å². The van der Waals surface area contributed by atoms with Gasteiger partial charge in [0, 0.05) is 30.1 Å². The average molecular weight is 460 g/mol. The molecule has 1 heterocycles. The molecule has 0 saturated carbocycles. The summed E-state index contributed by atoms with van der Waals surface area (Å²) >= 11 is 0. The van der Waals surface area contributed by atoms with Gasteiger partial charge in [0.1, 0.15) is 17.2 Å². The minimum atomic E-state index is -0.269. The third-order valence-corrected chi connectivity index (χ3v) is 5.42. The number of aromatic nitrogens is 2. The second-order valence-electron chi connectivity index (χ2n) is 7.59. The summed E-state index contributed by atoms with van der Waals surface area (Å²) in [5.74, 6) is 1.65. The van der Waals surface area contributed by atoms with E-state index < -0.39 is 0 Å². The smallest absolute Gasteiger partial charge is 0.274 e. The summed E-state index contributed by atoms with van der Waals surface area (Å²) in [5.41, 5.74) is 2.11. The normalized spacial score (nSPS) is 10.7. The van der Waals surface area contributed by atoms with Gasteiger partial charge in [-0.15, -0.1) is 0 Å². The summed E-state index contributed by atoms with van der Waals surface area (Å²) < 4.78 is 17.5. The van der Waals surface area contributed by atoms with Crippen molar-refractivity contribution in [2.45, 2.75) is 6.54 Å². The van der Waals surface area contributed by atoms with Crippen LogP contribution in [0.4, 0.5) is 0 Å². The van der Waals surface area contributed by atoms with E-state index in [1.165, 1.54) is 4.68 Å². The first-order valence-electron chi connectivity index (χ1n) is 10.7. The number of amides is 1. The van der Waals surface area contributed by atoms with E-state index in [4.69, 9.17) is 14.2 Å². The van der Waals surface area contributed by atoms with Gasteiger partial charge in [-0.05, 0) is 48.5 Å². The number of nitrogens with one attached hydrogen (secondary N) is 1. The number of aryl methyl sites for hydroxylation is 1. The van der Waals surface area contributed by atoms with Gasteiger partial charge in [0.25, 0.3) is 11.5 Å². The van der Waals surface area contributed by atoms with E-state index in [1.54, 1.807) is 51.6 Å². The highest BCUT2D eigenvalue weighted by Crippen LogP contribution is 2.29. The topological polar surface area (TPSA) is 91.7 Å². The van der Waals surface area contributed by atoms with Gasteiger partial charge >= 0.3 is 0 Å². The SMILES string of the molecule is COc1ccc(OCC(=O)NCc2cc(-c3nn(C)c(=O)c4ccccc34)ccc2OC)cc1. The summed E-state index contributed by atoms with van der Waals surface area (Å²) in [6.45, 7) is 0.118. The molecule has 1 N–H and O–H groups in total. The van der Waals surface area contributed by atoms with Crippen LogP contribution in [0.2, 0.25) is 0 Å². The van der Waals surface area contributed by atoms with Crippen molar-refractivity contribution < 1.29 is 19.0 Å². The van der Waals surface area contributed by atoms with Crippen LogP contribution in [0.3, 0.4) is 0 Å². The van der Waals surface area contributed by atoms with Crippen LogP contribution >= 0.6 is 0 Å². The molecule has 0 fully saturated rings. The molecule has 0 bridgehead atoms. The van der Waals surface area contributed by atoms with Crippen molar-refractivity contribution in [2.75, 3.05) is 20.8 Å². The number of benzene rings is 3. The summed E-state index contributed by atoms with van der Waals surface area (Å²) in [6, 6.07) is 20.0. The van der Waals surface area contributed by atoms with Crippen LogP contribution in [0.1, 0.15) is 5.56 Å². The second-order valence-corrected chi connectivity index (χ2v) is 7.59. The first kappa shape index (κ1) is 22.8. The quantitative estimate of drug-likeness (QED) is 0.435. The number of nitrogens with zero attached hydrogens (tertiary/aromatic N) is 2. The molecule has 3 aromatic carbocycles. The van der Waals surface area contributed by atoms with E-state index in [1.807, 2.05) is 36.4 Å². The van der Waals surface area contributed by atoms with Gasteiger partial charge in [-0.1, -0.05) is 18.2 Å². The molecule has 0 saturated heterocycles. The van der Waals surface area contributed by atoms with Crippen molar-refractivity contribution in [3.63, 3.8) is 0 Å². The number of hydrogen-bond donors (Lipinski definition) is 1. The lowest BCUT2D eigenvalue weighted by atomic mass is 10.0. The highest BCUT2D eigenvalue weighted by atomic mass is 16.5. The number of carbonyl (C=O) groups is 1. The Bertz CT molecular complexity index is 1380. The zero-order chi connectivity index (χ0) is 24.1. The highest BCUT2D eigenvalue weighted by Gasteiger charge is 2.14. The zero-order valence-corrected chi connectivity index (χ0v) is 19.2. The van der Waals surface area contributed by atoms with Gasteiger partial charge in [0.15, 0.2) is 6.61 Å². The Morgan fingerprint density at radius 1 is 0.941 bits per heavy atom. The van der Waals surface area contributed by atoms with Crippen LogP contribution in [0, 0.1) is 0 Å². The molecule has 4 rings (SSSR count). The van der Waals surface area contributed by atoms with Gasteiger partial charge < -0.3 is 19.5 Å². The molecule has 0 radical (unpaired) electrons. The molecule has 0 aliphatic rings. The Balaban J connectivity index is 1.52. The predicted molar refractivity (Wildman–Crippen MR) is 129 cm³/mol. The van der Waals surface area contributed by atoms with Crippen LogP contribution in [-0.2, 0) is 18.4 Å². The van der Waals surface area contributed by atoms with Gasteiger partial charge in [0.05, 0.1) is 25.3 Å². The Labute approximate surface area is 196 Å². The largest absolute Gasteiger partial charge is 0.497 e. The fourth-order valence-corrected chi connectivity index (χ4v) is 3.64. The predicted octanol–water partition coefficient (Wildman–Crippen LogP) is 3.31. The Morgan fingerprint density at radius 3 is 2.35 bits per heavy atom. The average Bonchev–Trinajstić information content (AvgIpc) is 2.88. The Morgan fingerprint density at radius 2 is 1.65 bits per heavy atom. The number of fused-ring (bicyclic) bond motifs is 1. The van der Waals surface area contributed by atoms with Crippen LogP contribution in [0.5, 0.6) is 17.2 Å². The molecule has 4 aromatic rings. The number of rotatable bonds is 8. The maximum atomic E-state index is 12.5. The van der Waals surface area contributed by atoms with Crippen molar-refractivity contribution in [1.82, 2.24) is 15.1 Å². The Kier molecular flexibility index (Phi) is 6.77. The van der Waals surface area contributed by atoms with Crippen molar-refractivity contribution in [1.29, 1.82) is 0 Å². The van der Waals surface area contributed by atoms with E-state index in [9.17, 15) is 9.59 Å². The monoisotopic (exact) mass is 459 g/mol. The third-order valence-electron chi connectivity index (χ3n) is 5.42. The zero-order valence-electron chi connectivity index (χ0n) is 19.2. The molecular formula is C26H25N3O5. The maximum absolute atomic E-state index is 12.5. The molecule has 174 valence electrons. The van der Waals surface area contributed by atoms with Crippen LogP contribution in [0.15, 0.2) is 71.5 Å². The lowest BCUT2D eigenvalue weighted by Gasteiger charge is -2.14. The van der Waals surface area contributed by atoms with Gasteiger partial charge in [0.2, 0.25) is 0 Å². The maximum Gasteiger partial charge on any atom is 0.274 e. The molecule has 0 aliphatic carbocycles. The van der Waals surface area contributed by atoms with Crippen molar-refractivity contribution in [3.05, 3.63) is 82.6 Å². The van der Waals surface area contributed by atoms with Crippen LogP contribution < -0.4 is 25.1 Å². The molecule has 8 heteroatoms. The fraction of sp³-hybridized carbons (Fsp3) is 0.192. The minimum Gasteiger partial charge on any atom is -0.497 e. The van der Waals surface area contributed by atoms with E-state index in [0.29, 0.717) is 28.3 Å². The van der Waals surface area contributed by atoms with Crippen molar-refractivity contribution in [2.24, 2.45) is 7.05 Å². The third kappa shape index (κ3) is 4.85. The molecule has 34 heavy (non-hydrogen) atoms. The van der Waals surface area contributed by atoms with Gasteiger partial charge in [-0.2, -0.15) is 5.10 Å². The molecule has 1 aromatic heterocycles. The lowest BCUT2D eigenvalue weighted by Crippen LogP contribution is -2.28. The van der Waals surface area contributed by atoms with Crippen LogP contribution in [-0.4, -0.2) is 36.5 Å².